The van der Waals surface area contributed by atoms with E-state index in [9.17, 15) is 22.8 Å². The van der Waals surface area contributed by atoms with Crippen molar-refractivity contribution < 1.29 is 22.8 Å². The fourth-order valence-electron chi connectivity index (χ4n) is 6.26. The van der Waals surface area contributed by atoms with Crippen molar-refractivity contribution in [1.29, 1.82) is 0 Å². The van der Waals surface area contributed by atoms with Gasteiger partial charge in [-0.3, -0.25) is 9.59 Å². The van der Waals surface area contributed by atoms with E-state index in [-0.39, 0.29) is 35.5 Å². The molecule has 0 radical (unpaired) electrons. The highest BCUT2D eigenvalue weighted by molar-refractivity contribution is 6.10. The van der Waals surface area contributed by atoms with Gasteiger partial charge in [-0.15, -0.1) is 10.2 Å². The monoisotopic (exact) mass is 592 g/mol. The van der Waals surface area contributed by atoms with Gasteiger partial charge in [-0.1, -0.05) is 31.9 Å². The lowest BCUT2D eigenvalue weighted by Gasteiger charge is -2.46. The summed E-state index contributed by atoms with van der Waals surface area (Å²) in [4.78, 5) is 26.6. The van der Waals surface area contributed by atoms with Crippen LogP contribution in [0.1, 0.15) is 78.0 Å². The molecule has 1 aromatic heterocycles. The number of halogens is 3. The van der Waals surface area contributed by atoms with Gasteiger partial charge in [0, 0.05) is 37.8 Å². The van der Waals surface area contributed by atoms with E-state index in [1.165, 1.54) is 4.90 Å². The minimum absolute atomic E-state index is 0.0113. The Hall–Kier alpha value is -4.17. The third-order valence-electron chi connectivity index (χ3n) is 8.17. The lowest BCUT2D eigenvalue weighted by molar-refractivity contribution is -0.138. The zero-order chi connectivity index (χ0) is 30.8. The average molecular weight is 593 g/mol. The third-order valence-corrected chi connectivity index (χ3v) is 8.17. The lowest BCUT2D eigenvalue weighted by atomic mass is 9.58. The molecule has 8 nitrogen and oxygen atoms in total. The lowest BCUT2D eigenvalue weighted by Crippen LogP contribution is -2.43. The van der Waals surface area contributed by atoms with Crippen molar-refractivity contribution in [1.82, 2.24) is 25.4 Å². The summed E-state index contributed by atoms with van der Waals surface area (Å²) in [7, 11) is 1.90. The summed E-state index contributed by atoms with van der Waals surface area (Å²) in [6, 6.07) is 10.2. The Labute approximate surface area is 249 Å². The Morgan fingerprint density at radius 2 is 1.98 bits per heavy atom. The normalized spacial score (nSPS) is 19.4. The van der Waals surface area contributed by atoms with Gasteiger partial charge in [0.1, 0.15) is 12.2 Å². The number of nitrogens with one attached hydrogen (secondary N) is 2. The van der Waals surface area contributed by atoms with Crippen LogP contribution in [0.3, 0.4) is 0 Å². The van der Waals surface area contributed by atoms with Gasteiger partial charge in [-0.25, -0.2) is 0 Å². The fourth-order valence-corrected chi connectivity index (χ4v) is 6.26. The summed E-state index contributed by atoms with van der Waals surface area (Å²) in [6.07, 6.45) is -0.0484. The molecule has 2 aromatic carbocycles. The zero-order valence-corrected chi connectivity index (χ0v) is 24.5. The number of rotatable bonds is 9. The Morgan fingerprint density at radius 1 is 1.19 bits per heavy atom. The summed E-state index contributed by atoms with van der Waals surface area (Å²) in [5.41, 5.74) is 0.798. The van der Waals surface area contributed by atoms with Gasteiger partial charge < -0.3 is 20.1 Å². The van der Waals surface area contributed by atoms with Crippen molar-refractivity contribution in [3.63, 3.8) is 0 Å². The molecule has 0 saturated heterocycles. The van der Waals surface area contributed by atoms with Crippen molar-refractivity contribution in [3.8, 4) is 11.8 Å². The maximum Gasteiger partial charge on any atom is 0.416 e. The van der Waals surface area contributed by atoms with E-state index in [0.29, 0.717) is 43.1 Å². The van der Waals surface area contributed by atoms with E-state index < -0.39 is 17.6 Å². The van der Waals surface area contributed by atoms with E-state index in [1.807, 2.05) is 36.7 Å². The number of carbonyl (C=O) groups is 2. The standard InChI is InChI=1S/C32H35F3N6O2/c1-4-5-10-28(42)37-12-7-11-36-18-22-13-25-26(27(14-22)32(33,34)35)19-41(29(25)43)24-9-6-8-23(15-24)31(16-21(2)17-31)30-39-38-20-40(30)3/h6,8-9,13-15,20-21,36H,4,7,11-12,16-19H2,1-3H3,(H,37,42). The van der Waals surface area contributed by atoms with Gasteiger partial charge in [0.2, 0.25) is 0 Å². The van der Waals surface area contributed by atoms with Gasteiger partial charge in [-0.05, 0) is 78.6 Å². The second kappa shape index (κ2) is 12.2. The van der Waals surface area contributed by atoms with E-state index in [0.717, 1.165) is 30.3 Å². The Bertz CT molecular complexity index is 1580. The first-order chi connectivity index (χ1) is 20.5. The van der Waals surface area contributed by atoms with Crippen LogP contribution in [-0.2, 0) is 36.5 Å². The number of alkyl halides is 3. The molecular formula is C32H35F3N6O2. The zero-order valence-electron chi connectivity index (χ0n) is 24.5. The molecule has 3 aromatic rings. The quantitative estimate of drug-likeness (QED) is 0.277. The van der Waals surface area contributed by atoms with Crippen molar-refractivity contribution in [2.75, 3.05) is 18.0 Å². The Balaban J connectivity index is 1.33. The maximum atomic E-state index is 14.2. The van der Waals surface area contributed by atoms with E-state index in [4.69, 9.17) is 0 Å². The summed E-state index contributed by atoms with van der Waals surface area (Å²) in [5, 5.41) is 14.2. The van der Waals surface area contributed by atoms with Crippen LogP contribution in [-0.4, -0.2) is 39.7 Å². The predicted molar refractivity (Wildman–Crippen MR) is 156 cm³/mol. The molecule has 11 heteroatoms. The number of hydrogen-bond acceptors (Lipinski definition) is 5. The molecule has 0 bridgehead atoms. The second-order valence-electron chi connectivity index (χ2n) is 11.4. The van der Waals surface area contributed by atoms with Crippen LogP contribution in [0.5, 0.6) is 0 Å². The topological polar surface area (TPSA) is 92.2 Å². The van der Waals surface area contributed by atoms with Gasteiger partial charge in [0.15, 0.2) is 0 Å². The summed E-state index contributed by atoms with van der Waals surface area (Å²) < 4.78 is 44.6. The van der Waals surface area contributed by atoms with Gasteiger partial charge >= 0.3 is 6.18 Å². The smallest absolute Gasteiger partial charge is 0.345 e. The number of fused-ring (bicyclic) bond motifs is 1. The van der Waals surface area contributed by atoms with E-state index >= 15 is 0 Å². The molecule has 2 amide bonds. The van der Waals surface area contributed by atoms with Crippen LogP contribution in [0.15, 0.2) is 42.7 Å². The molecule has 0 atom stereocenters. The number of aryl methyl sites for hydroxylation is 1. The van der Waals surface area contributed by atoms with Crippen LogP contribution in [0.2, 0.25) is 0 Å². The summed E-state index contributed by atoms with van der Waals surface area (Å²) in [6.45, 7) is 4.88. The number of hydrogen-bond donors (Lipinski definition) is 2. The highest BCUT2D eigenvalue weighted by Gasteiger charge is 2.48. The summed E-state index contributed by atoms with van der Waals surface area (Å²) >= 11 is 0. The highest BCUT2D eigenvalue weighted by Crippen LogP contribution is 2.52. The number of carbonyl (C=O) groups excluding carboxylic acids is 2. The number of aromatic nitrogens is 3. The van der Waals surface area contributed by atoms with Gasteiger partial charge in [-0.2, -0.15) is 13.2 Å². The maximum absolute atomic E-state index is 14.2. The average Bonchev–Trinajstić information content (AvgIpc) is 3.53. The van der Waals surface area contributed by atoms with Crippen LogP contribution >= 0.6 is 0 Å². The van der Waals surface area contributed by atoms with Crippen LogP contribution in [0.4, 0.5) is 18.9 Å². The molecule has 0 spiro atoms. The SMILES string of the molecule is CCC#CC(=O)NCCCNCc1cc2c(c(C(F)(F)F)c1)CN(c1cccc(C3(c4nncn4C)CC(C)C3)c1)C2=O. The first-order valence-electron chi connectivity index (χ1n) is 14.5. The van der Waals surface area contributed by atoms with Crippen LogP contribution in [0, 0.1) is 17.8 Å². The Kier molecular flexibility index (Phi) is 8.60. The van der Waals surface area contributed by atoms with E-state index in [2.05, 4.69) is 39.6 Å². The predicted octanol–water partition coefficient (Wildman–Crippen LogP) is 4.72. The van der Waals surface area contributed by atoms with Crippen LogP contribution < -0.4 is 15.5 Å². The van der Waals surface area contributed by atoms with Crippen LogP contribution in [0.25, 0.3) is 0 Å². The van der Waals surface area contributed by atoms with Gasteiger partial charge in [0.05, 0.1) is 17.5 Å². The minimum atomic E-state index is -4.61. The molecule has 2 heterocycles. The van der Waals surface area contributed by atoms with Gasteiger partial charge in [0.25, 0.3) is 11.8 Å². The fraction of sp³-hybridized carbons (Fsp3) is 0.438. The minimum Gasteiger partial charge on any atom is -0.345 e. The molecule has 1 aliphatic carbocycles. The highest BCUT2D eigenvalue weighted by atomic mass is 19.4. The molecule has 2 aliphatic rings. The second-order valence-corrected chi connectivity index (χ2v) is 11.4. The van der Waals surface area contributed by atoms with E-state index in [1.54, 1.807) is 18.5 Å². The molecule has 1 fully saturated rings. The molecular weight excluding hydrogens is 557 g/mol. The number of benzene rings is 2. The summed E-state index contributed by atoms with van der Waals surface area (Å²) in [5.74, 6) is 5.68. The molecule has 2 N–H and O–H groups in total. The van der Waals surface area contributed by atoms with Crippen molar-refractivity contribution in [2.24, 2.45) is 13.0 Å². The number of anilines is 1. The largest absolute Gasteiger partial charge is 0.416 e. The molecule has 1 aliphatic heterocycles. The first-order valence-corrected chi connectivity index (χ1v) is 14.5. The molecule has 43 heavy (non-hydrogen) atoms. The molecule has 0 unspecified atom stereocenters. The Morgan fingerprint density at radius 3 is 2.65 bits per heavy atom. The van der Waals surface area contributed by atoms with Crippen molar-refractivity contribution in [2.45, 2.75) is 64.2 Å². The first kappa shape index (κ1) is 30.3. The number of nitrogens with zero attached hydrogens (tertiary/aromatic N) is 4. The van der Waals surface area contributed by atoms with Crippen molar-refractivity contribution >= 4 is 17.5 Å². The number of amides is 2. The third kappa shape index (κ3) is 6.15. The molecule has 1 saturated carbocycles. The van der Waals surface area contributed by atoms with Crippen molar-refractivity contribution in [3.05, 3.63) is 76.4 Å². The molecule has 5 rings (SSSR count). The molecule has 226 valence electrons.